The van der Waals surface area contributed by atoms with Gasteiger partial charge in [-0.1, -0.05) is 0 Å². The Labute approximate surface area is 107 Å². The number of ether oxygens (including phenoxy) is 1. The zero-order chi connectivity index (χ0) is 13.1. The van der Waals surface area contributed by atoms with Crippen molar-refractivity contribution in [1.82, 2.24) is 9.88 Å². The maximum absolute atomic E-state index is 11.8. The number of thiazole rings is 1. The van der Waals surface area contributed by atoms with Crippen LogP contribution in [0.15, 0.2) is 5.38 Å². The molecule has 0 spiro atoms. The molecule has 0 aliphatic rings. The van der Waals surface area contributed by atoms with Crippen molar-refractivity contribution in [2.75, 3.05) is 20.7 Å². The molecule has 0 aromatic carbocycles. The first-order valence-electron chi connectivity index (χ1n) is 5.64. The van der Waals surface area contributed by atoms with E-state index in [-0.39, 0.29) is 5.97 Å². The van der Waals surface area contributed by atoms with E-state index in [9.17, 15) is 4.79 Å². The molecular weight excluding hydrogens is 236 g/mol. The van der Waals surface area contributed by atoms with Gasteiger partial charge in [0.25, 0.3) is 0 Å². The van der Waals surface area contributed by atoms with Crippen molar-refractivity contribution < 1.29 is 9.53 Å². The molecular formula is C12H20N2O2S. The number of hydrogen-bond acceptors (Lipinski definition) is 5. The van der Waals surface area contributed by atoms with Gasteiger partial charge in [-0.25, -0.2) is 4.98 Å². The summed E-state index contributed by atoms with van der Waals surface area (Å²) in [5.41, 5.74) is 0.120. The molecule has 0 saturated heterocycles. The van der Waals surface area contributed by atoms with Gasteiger partial charge in [-0.2, -0.15) is 0 Å². The van der Waals surface area contributed by atoms with Crippen LogP contribution in [-0.2, 0) is 21.5 Å². The summed E-state index contributed by atoms with van der Waals surface area (Å²) in [6.45, 7) is 6.70. The number of carbonyl (C=O) groups is 1. The fourth-order valence-corrected chi connectivity index (χ4v) is 2.44. The Kier molecular flexibility index (Phi) is 4.65. The Bertz CT molecular complexity index is 386. The monoisotopic (exact) mass is 256 g/mol. The third-order valence-corrected chi connectivity index (χ3v) is 3.26. The lowest BCUT2D eigenvalue weighted by molar-refractivity contribution is -0.148. The molecule has 5 heteroatoms. The van der Waals surface area contributed by atoms with Crippen LogP contribution in [0.1, 0.15) is 31.5 Å². The minimum atomic E-state index is -0.670. The lowest BCUT2D eigenvalue weighted by atomic mass is 9.90. The van der Waals surface area contributed by atoms with Crippen LogP contribution in [0.2, 0.25) is 0 Å². The summed E-state index contributed by atoms with van der Waals surface area (Å²) in [5.74, 6) is -0.221. The van der Waals surface area contributed by atoms with E-state index in [1.165, 1.54) is 0 Å². The number of nitrogens with zero attached hydrogens (tertiary/aromatic N) is 2. The van der Waals surface area contributed by atoms with Crippen molar-refractivity contribution in [3.05, 3.63) is 16.1 Å². The summed E-state index contributed by atoms with van der Waals surface area (Å²) < 4.78 is 5.07. The number of aromatic nitrogens is 1. The zero-order valence-electron chi connectivity index (χ0n) is 11.1. The topological polar surface area (TPSA) is 42.4 Å². The van der Waals surface area contributed by atoms with Gasteiger partial charge < -0.3 is 9.64 Å². The Hall–Kier alpha value is -0.940. The van der Waals surface area contributed by atoms with E-state index in [1.807, 2.05) is 40.2 Å². The van der Waals surface area contributed by atoms with Crippen LogP contribution in [-0.4, -0.2) is 36.6 Å². The van der Waals surface area contributed by atoms with Gasteiger partial charge in [0.15, 0.2) is 0 Å². The van der Waals surface area contributed by atoms with E-state index in [1.54, 1.807) is 11.3 Å². The third kappa shape index (κ3) is 3.51. The molecule has 0 atom stereocenters. The molecule has 1 aromatic heterocycles. The highest BCUT2D eigenvalue weighted by Gasteiger charge is 2.33. The molecule has 0 aliphatic heterocycles. The van der Waals surface area contributed by atoms with Crippen LogP contribution >= 0.6 is 11.3 Å². The maximum Gasteiger partial charge on any atom is 0.317 e. The van der Waals surface area contributed by atoms with Gasteiger partial charge in [0.1, 0.15) is 10.4 Å². The SMILES string of the molecule is CCOC(=O)C(C)(C)c1csc(CN(C)C)n1. The van der Waals surface area contributed by atoms with Crippen molar-refractivity contribution in [3.63, 3.8) is 0 Å². The average Bonchev–Trinajstić information content (AvgIpc) is 2.66. The summed E-state index contributed by atoms with van der Waals surface area (Å²) in [6.07, 6.45) is 0. The average molecular weight is 256 g/mol. The molecule has 0 radical (unpaired) electrons. The van der Waals surface area contributed by atoms with Crippen LogP contribution in [0.4, 0.5) is 0 Å². The Morgan fingerprint density at radius 3 is 2.71 bits per heavy atom. The second-order valence-corrected chi connectivity index (χ2v) is 5.65. The first kappa shape index (κ1) is 14.1. The quantitative estimate of drug-likeness (QED) is 0.756. The predicted molar refractivity (Wildman–Crippen MR) is 69.2 cm³/mol. The molecule has 0 amide bonds. The molecule has 1 rings (SSSR count). The van der Waals surface area contributed by atoms with Gasteiger partial charge in [0.2, 0.25) is 0 Å². The molecule has 0 fully saturated rings. The van der Waals surface area contributed by atoms with Gasteiger partial charge in [0.05, 0.1) is 12.3 Å². The van der Waals surface area contributed by atoms with Crippen LogP contribution in [0.25, 0.3) is 0 Å². The minimum Gasteiger partial charge on any atom is -0.465 e. The third-order valence-electron chi connectivity index (χ3n) is 2.43. The first-order valence-corrected chi connectivity index (χ1v) is 6.52. The zero-order valence-corrected chi connectivity index (χ0v) is 11.9. The van der Waals surface area contributed by atoms with Gasteiger partial charge in [-0.3, -0.25) is 4.79 Å². The summed E-state index contributed by atoms with van der Waals surface area (Å²) in [5, 5.41) is 2.96. The second kappa shape index (κ2) is 5.60. The molecule has 0 saturated carbocycles. The number of carbonyl (C=O) groups excluding carboxylic acids is 1. The Morgan fingerprint density at radius 1 is 1.53 bits per heavy atom. The molecule has 0 unspecified atom stereocenters. The van der Waals surface area contributed by atoms with Crippen molar-refractivity contribution in [1.29, 1.82) is 0 Å². The number of hydrogen-bond donors (Lipinski definition) is 0. The first-order chi connectivity index (χ1) is 7.87. The van der Waals surface area contributed by atoms with E-state index < -0.39 is 5.41 Å². The van der Waals surface area contributed by atoms with Crippen molar-refractivity contribution in [2.45, 2.75) is 32.7 Å². The molecule has 0 N–H and O–H groups in total. The summed E-state index contributed by atoms with van der Waals surface area (Å²) in [7, 11) is 4.00. The normalized spacial score (nSPS) is 11.9. The summed E-state index contributed by atoms with van der Waals surface area (Å²) in [4.78, 5) is 18.4. The highest BCUT2D eigenvalue weighted by atomic mass is 32.1. The fraction of sp³-hybridized carbons (Fsp3) is 0.667. The van der Waals surface area contributed by atoms with E-state index in [0.717, 1.165) is 17.2 Å². The van der Waals surface area contributed by atoms with Crippen LogP contribution < -0.4 is 0 Å². The highest BCUT2D eigenvalue weighted by molar-refractivity contribution is 7.09. The molecule has 96 valence electrons. The van der Waals surface area contributed by atoms with Crippen molar-refractivity contribution in [2.24, 2.45) is 0 Å². The fourth-order valence-electron chi connectivity index (χ4n) is 1.36. The van der Waals surface area contributed by atoms with Gasteiger partial charge in [-0.05, 0) is 34.9 Å². The Balaban J connectivity index is 2.84. The molecule has 0 aliphatic carbocycles. The molecule has 1 aromatic rings. The Morgan fingerprint density at radius 2 is 2.18 bits per heavy atom. The lowest BCUT2D eigenvalue weighted by Crippen LogP contribution is -2.31. The number of esters is 1. The molecule has 1 heterocycles. The van der Waals surface area contributed by atoms with Gasteiger partial charge in [0, 0.05) is 11.9 Å². The van der Waals surface area contributed by atoms with Crippen LogP contribution in [0, 0.1) is 0 Å². The highest BCUT2D eigenvalue weighted by Crippen LogP contribution is 2.26. The lowest BCUT2D eigenvalue weighted by Gasteiger charge is -2.19. The molecule has 4 nitrogen and oxygen atoms in total. The molecule has 17 heavy (non-hydrogen) atoms. The van der Waals surface area contributed by atoms with E-state index in [0.29, 0.717) is 6.61 Å². The van der Waals surface area contributed by atoms with Gasteiger partial charge >= 0.3 is 5.97 Å². The van der Waals surface area contributed by atoms with Crippen LogP contribution in [0.5, 0.6) is 0 Å². The number of rotatable bonds is 5. The minimum absolute atomic E-state index is 0.221. The smallest absolute Gasteiger partial charge is 0.317 e. The standard InChI is InChI=1S/C12H20N2O2S/c1-6-16-11(15)12(2,3)9-8-17-10(13-9)7-14(4)5/h8H,6-7H2,1-5H3. The van der Waals surface area contributed by atoms with E-state index in [2.05, 4.69) is 9.88 Å². The summed E-state index contributed by atoms with van der Waals surface area (Å²) >= 11 is 1.58. The van der Waals surface area contributed by atoms with Crippen molar-refractivity contribution >= 4 is 17.3 Å². The van der Waals surface area contributed by atoms with Crippen molar-refractivity contribution in [3.8, 4) is 0 Å². The van der Waals surface area contributed by atoms with Crippen LogP contribution in [0.3, 0.4) is 0 Å². The summed E-state index contributed by atoms with van der Waals surface area (Å²) in [6, 6.07) is 0. The molecule has 0 bridgehead atoms. The second-order valence-electron chi connectivity index (χ2n) is 4.71. The van der Waals surface area contributed by atoms with Gasteiger partial charge in [-0.15, -0.1) is 11.3 Å². The van der Waals surface area contributed by atoms with E-state index in [4.69, 9.17) is 4.74 Å². The predicted octanol–water partition coefficient (Wildman–Crippen LogP) is 2.05. The van der Waals surface area contributed by atoms with E-state index >= 15 is 0 Å². The maximum atomic E-state index is 11.8. The largest absolute Gasteiger partial charge is 0.465 e.